The maximum atomic E-state index is 12.5. The minimum absolute atomic E-state index is 0.0106. The molecule has 0 radical (unpaired) electrons. The fraction of sp³-hybridized carbons (Fsp3) is 0.421. The highest BCUT2D eigenvalue weighted by atomic mass is 35.5. The molecule has 0 atom stereocenters. The Morgan fingerprint density at radius 1 is 1.22 bits per heavy atom. The highest BCUT2D eigenvalue weighted by molar-refractivity contribution is 7.89. The molecular formula is C19H22Cl2N4O5S2. The van der Waals surface area contributed by atoms with Crippen LogP contribution in [0.5, 0.6) is 0 Å². The van der Waals surface area contributed by atoms with Crippen molar-refractivity contribution in [1.29, 1.82) is 0 Å². The maximum absolute atomic E-state index is 12.5. The standard InChI is InChI=1S/C19H22Cl2N4O5S2/c1-9(2)25-32(28,29)12-6-5-10(14(20)15(12)21)16-11(8-26)22-18(31-16)17-24-23-13(30-17)7-19(3,4)27/h5-6,9,25-27H,7-8H2,1-4H3. The van der Waals surface area contributed by atoms with Gasteiger partial charge in [0.2, 0.25) is 15.9 Å². The van der Waals surface area contributed by atoms with E-state index in [4.69, 9.17) is 27.6 Å². The quantitative estimate of drug-likeness (QED) is 0.408. The SMILES string of the molecule is CC(C)NS(=O)(=O)c1ccc(-c2sc(-c3nnc(CC(C)(C)O)o3)nc2CO)c(Cl)c1Cl. The van der Waals surface area contributed by atoms with Crippen LogP contribution in [0.4, 0.5) is 0 Å². The van der Waals surface area contributed by atoms with Crippen LogP contribution in [0.25, 0.3) is 21.3 Å². The van der Waals surface area contributed by atoms with Gasteiger partial charge in [-0.15, -0.1) is 21.5 Å². The number of nitrogens with one attached hydrogen (secondary N) is 1. The summed E-state index contributed by atoms with van der Waals surface area (Å²) < 4.78 is 33.1. The third-order valence-electron chi connectivity index (χ3n) is 4.05. The largest absolute Gasteiger partial charge is 0.419 e. The molecule has 0 unspecified atom stereocenters. The molecule has 3 rings (SSSR count). The van der Waals surface area contributed by atoms with Crippen LogP contribution in [0, 0.1) is 0 Å². The van der Waals surface area contributed by atoms with Gasteiger partial charge in [0.05, 0.1) is 39.2 Å². The third-order valence-corrected chi connectivity index (χ3v) is 7.87. The van der Waals surface area contributed by atoms with Gasteiger partial charge < -0.3 is 14.6 Å². The molecule has 0 saturated heterocycles. The van der Waals surface area contributed by atoms with Gasteiger partial charge in [-0.1, -0.05) is 29.3 Å². The summed E-state index contributed by atoms with van der Waals surface area (Å²) in [6.07, 6.45) is 0.160. The van der Waals surface area contributed by atoms with Gasteiger partial charge in [-0.05, 0) is 33.8 Å². The summed E-state index contributed by atoms with van der Waals surface area (Å²) in [4.78, 5) is 4.68. The predicted molar refractivity (Wildman–Crippen MR) is 122 cm³/mol. The minimum atomic E-state index is -3.86. The number of hydrogen-bond donors (Lipinski definition) is 3. The van der Waals surface area contributed by atoms with E-state index in [1.807, 2.05) is 0 Å². The van der Waals surface area contributed by atoms with Gasteiger partial charge >= 0.3 is 0 Å². The van der Waals surface area contributed by atoms with E-state index in [0.29, 0.717) is 21.1 Å². The molecule has 32 heavy (non-hydrogen) atoms. The molecule has 0 bridgehead atoms. The van der Waals surface area contributed by atoms with E-state index in [1.54, 1.807) is 27.7 Å². The Balaban J connectivity index is 2.02. The fourth-order valence-electron chi connectivity index (χ4n) is 2.83. The van der Waals surface area contributed by atoms with Crippen LogP contribution in [-0.4, -0.2) is 45.5 Å². The Bertz CT molecular complexity index is 1230. The van der Waals surface area contributed by atoms with Crippen molar-refractivity contribution in [3.63, 3.8) is 0 Å². The lowest BCUT2D eigenvalue weighted by atomic mass is 10.1. The Kier molecular flexibility index (Phi) is 7.30. The predicted octanol–water partition coefficient (Wildman–Crippen LogP) is 3.66. The van der Waals surface area contributed by atoms with E-state index in [1.165, 1.54) is 12.1 Å². The number of halogens is 2. The molecule has 3 N–H and O–H groups in total. The van der Waals surface area contributed by atoms with Gasteiger partial charge in [0.1, 0.15) is 4.90 Å². The summed E-state index contributed by atoms with van der Waals surface area (Å²) in [5, 5.41) is 27.8. The van der Waals surface area contributed by atoms with Crippen molar-refractivity contribution in [2.24, 2.45) is 0 Å². The van der Waals surface area contributed by atoms with Crippen molar-refractivity contribution in [3.8, 4) is 21.3 Å². The lowest BCUT2D eigenvalue weighted by Gasteiger charge is -2.13. The molecule has 0 saturated carbocycles. The van der Waals surface area contributed by atoms with Gasteiger partial charge in [-0.25, -0.2) is 18.1 Å². The second kappa shape index (κ2) is 9.34. The van der Waals surface area contributed by atoms with E-state index in [0.717, 1.165) is 11.3 Å². The second-order valence-electron chi connectivity index (χ2n) is 7.96. The van der Waals surface area contributed by atoms with Crippen LogP contribution in [-0.2, 0) is 23.1 Å². The van der Waals surface area contributed by atoms with E-state index in [-0.39, 0.29) is 39.2 Å². The van der Waals surface area contributed by atoms with E-state index in [2.05, 4.69) is 19.9 Å². The van der Waals surface area contributed by atoms with Crippen molar-refractivity contribution in [2.75, 3.05) is 0 Å². The molecule has 1 aromatic carbocycles. The Morgan fingerprint density at radius 3 is 2.50 bits per heavy atom. The molecule has 174 valence electrons. The zero-order valence-corrected chi connectivity index (χ0v) is 20.8. The fourth-order valence-corrected chi connectivity index (χ4v) is 6.03. The van der Waals surface area contributed by atoms with Crippen molar-refractivity contribution in [1.82, 2.24) is 19.9 Å². The van der Waals surface area contributed by atoms with Gasteiger partial charge in [-0.3, -0.25) is 0 Å². The lowest BCUT2D eigenvalue weighted by molar-refractivity contribution is 0.0739. The van der Waals surface area contributed by atoms with Crippen LogP contribution in [0.1, 0.15) is 39.3 Å². The normalized spacial score (nSPS) is 12.7. The Morgan fingerprint density at radius 2 is 1.91 bits per heavy atom. The third kappa shape index (κ3) is 5.48. The topological polar surface area (TPSA) is 138 Å². The Labute approximate surface area is 199 Å². The summed E-state index contributed by atoms with van der Waals surface area (Å²) in [5.41, 5.74) is -0.324. The molecule has 13 heteroatoms. The first kappa shape index (κ1) is 25.0. The van der Waals surface area contributed by atoms with E-state index in [9.17, 15) is 18.6 Å². The molecule has 0 amide bonds. The summed E-state index contributed by atoms with van der Waals surface area (Å²) in [5.74, 6) is 0.362. The zero-order chi connectivity index (χ0) is 23.8. The lowest BCUT2D eigenvalue weighted by Crippen LogP contribution is -2.30. The van der Waals surface area contributed by atoms with Gasteiger partial charge in [0.15, 0.2) is 5.01 Å². The van der Waals surface area contributed by atoms with Crippen molar-refractivity contribution in [2.45, 2.75) is 57.3 Å². The minimum Gasteiger partial charge on any atom is -0.419 e. The first-order valence-electron chi connectivity index (χ1n) is 9.49. The zero-order valence-electron chi connectivity index (χ0n) is 17.7. The summed E-state index contributed by atoms with van der Waals surface area (Å²) in [7, 11) is -3.86. The van der Waals surface area contributed by atoms with Crippen LogP contribution < -0.4 is 4.72 Å². The van der Waals surface area contributed by atoms with Gasteiger partial charge in [0, 0.05) is 11.6 Å². The number of sulfonamides is 1. The highest BCUT2D eigenvalue weighted by Gasteiger charge is 2.26. The second-order valence-corrected chi connectivity index (χ2v) is 11.4. The number of thiazole rings is 1. The molecular weight excluding hydrogens is 499 g/mol. The van der Waals surface area contributed by atoms with Crippen molar-refractivity contribution in [3.05, 3.63) is 33.8 Å². The number of aliphatic hydroxyl groups is 2. The number of benzene rings is 1. The smallest absolute Gasteiger partial charge is 0.276 e. The first-order chi connectivity index (χ1) is 14.8. The first-order valence-corrected chi connectivity index (χ1v) is 12.5. The average Bonchev–Trinajstić information content (AvgIpc) is 3.27. The molecule has 2 heterocycles. The molecule has 3 aromatic rings. The number of aromatic nitrogens is 3. The Hall–Kier alpha value is -1.60. The number of rotatable bonds is 8. The molecule has 0 aliphatic rings. The molecule has 0 fully saturated rings. The van der Waals surface area contributed by atoms with Crippen molar-refractivity contribution >= 4 is 44.6 Å². The highest BCUT2D eigenvalue weighted by Crippen LogP contribution is 2.43. The summed E-state index contributed by atoms with van der Waals surface area (Å²) in [6, 6.07) is 2.53. The number of nitrogens with zero attached hydrogens (tertiary/aromatic N) is 3. The van der Waals surface area contributed by atoms with E-state index < -0.39 is 22.2 Å². The molecule has 9 nitrogen and oxygen atoms in total. The molecule has 0 aliphatic carbocycles. The van der Waals surface area contributed by atoms with Crippen LogP contribution in [0.15, 0.2) is 21.4 Å². The van der Waals surface area contributed by atoms with Crippen LogP contribution in [0.2, 0.25) is 10.0 Å². The average molecular weight is 521 g/mol. The van der Waals surface area contributed by atoms with E-state index >= 15 is 0 Å². The van der Waals surface area contributed by atoms with Crippen LogP contribution in [0.3, 0.4) is 0 Å². The monoisotopic (exact) mass is 520 g/mol. The summed E-state index contributed by atoms with van der Waals surface area (Å²) >= 11 is 13.9. The summed E-state index contributed by atoms with van der Waals surface area (Å²) in [6.45, 7) is 6.22. The van der Waals surface area contributed by atoms with Gasteiger partial charge in [0.25, 0.3) is 5.89 Å². The molecule has 2 aromatic heterocycles. The van der Waals surface area contributed by atoms with Gasteiger partial charge in [-0.2, -0.15) is 0 Å². The maximum Gasteiger partial charge on any atom is 0.276 e. The molecule has 0 spiro atoms. The number of aliphatic hydroxyl groups excluding tert-OH is 1. The van der Waals surface area contributed by atoms with Crippen LogP contribution >= 0.6 is 34.5 Å². The molecule has 0 aliphatic heterocycles. The van der Waals surface area contributed by atoms with Crippen molar-refractivity contribution < 1.29 is 23.0 Å². The number of hydrogen-bond acceptors (Lipinski definition) is 9.